The second-order valence-electron chi connectivity index (χ2n) is 4.57. The lowest BCUT2D eigenvalue weighted by molar-refractivity contribution is -0.119. The van der Waals surface area contributed by atoms with Crippen LogP contribution in [0.15, 0.2) is 0 Å². The van der Waals surface area contributed by atoms with Crippen LogP contribution in [-0.4, -0.2) is 35.2 Å². The molecule has 0 saturated heterocycles. The van der Waals surface area contributed by atoms with Crippen molar-refractivity contribution >= 4 is 17.7 Å². The lowest BCUT2D eigenvalue weighted by Gasteiger charge is -2.14. The van der Waals surface area contributed by atoms with E-state index in [4.69, 9.17) is 5.11 Å². The molecule has 0 aromatic heterocycles. The summed E-state index contributed by atoms with van der Waals surface area (Å²) in [5.74, 6) is 1.91. The van der Waals surface area contributed by atoms with E-state index >= 15 is 0 Å². The lowest BCUT2D eigenvalue weighted by Crippen LogP contribution is -2.33. The van der Waals surface area contributed by atoms with Gasteiger partial charge in [-0.1, -0.05) is 26.7 Å². The molecule has 1 amide bonds. The maximum atomic E-state index is 11.4. The summed E-state index contributed by atoms with van der Waals surface area (Å²) >= 11 is 1.47. The van der Waals surface area contributed by atoms with Crippen LogP contribution in [-0.2, 0) is 4.79 Å². The summed E-state index contributed by atoms with van der Waals surface area (Å²) < 4.78 is 0. The Morgan fingerprint density at radius 3 is 2.56 bits per heavy atom. The van der Waals surface area contributed by atoms with E-state index in [-0.39, 0.29) is 18.6 Å². The highest BCUT2D eigenvalue weighted by Crippen LogP contribution is 2.08. The van der Waals surface area contributed by atoms with Gasteiger partial charge in [0.2, 0.25) is 5.91 Å². The first-order valence-corrected chi connectivity index (χ1v) is 7.19. The van der Waals surface area contributed by atoms with E-state index in [2.05, 4.69) is 26.1 Å². The molecule has 0 spiro atoms. The molecule has 0 aliphatic rings. The second-order valence-corrected chi connectivity index (χ2v) is 5.67. The number of nitrogens with one attached hydrogen (secondary N) is 1. The second kappa shape index (κ2) is 9.97. The molecule has 16 heavy (non-hydrogen) atoms. The topological polar surface area (TPSA) is 49.3 Å². The van der Waals surface area contributed by atoms with Crippen LogP contribution in [0.1, 0.15) is 40.0 Å². The Morgan fingerprint density at radius 1 is 1.31 bits per heavy atom. The molecule has 0 aromatic rings. The third kappa shape index (κ3) is 10.3. The Bertz CT molecular complexity index is 186. The number of aliphatic hydroxyl groups excluding tert-OH is 1. The Kier molecular flexibility index (Phi) is 9.83. The summed E-state index contributed by atoms with van der Waals surface area (Å²) in [6, 6.07) is 0.265. The predicted octanol–water partition coefficient (Wildman–Crippen LogP) is 2.04. The van der Waals surface area contributed by atoms with Gasteiger partial charge in [-0.2, -0.15) is 0 Å². The number of carbonyl (C=O) groups excluding carboxylic acids is 1. The first-order valence-electron chi connectivity index (χ1n) is 6.04. The molecule has 2 N–H and O–H groups in total. The number of hydrogen-bond donors (Lipinski definition) is 2. The zero-order valence-corrected chi connectivity index (χ0v) is 11.5. The van der Waals surface area contributed by atoms with Gasteiger partial charge in [0, 0.05) is 11.8 Å². The molecular formula is C12H25NO2S. The van der Waals surface area contributed by atoms with Gasteiger partial charge in [-0.25, -0.2) is 0 Å². The largest absolute Gasteiger partial charge is 0.396 e. The van der Waals surface area contributed by atoms with Crippen molar-refractivity contribution in [3.05, 3.63) is 0 Å². The van der Waals surface area contributed by atoms with Gasteiger partial charge < -0.3 is 10.4 Å². The average molecular weight is 247 g/mol. The highest BCUT2D eigenvalue weighted by Gasteiger charge is 2.07. The summed E-state index contributed by atoms with van der Waals surface area (Å²) in [4.78, 5) is 11.4. The fraction of sp³-hybridized carbons (Fsp3) is 0.917. The van der Waals surface area contributed by atoms with Gasteiger partial charge in [0.15, 0.2) is 0 Å². The van der Waals surface area contributed by atoms with Crippen molar-refractivity contribution in [1.82, 2.24) is 5.32 Å². The molecule has 0 aliphatic heterocycles. The van der Waals surface area contributed by atoms with Crippen LogP contribution in [0.3, 0.4) is 0 Å². The van der Waals surface area contributed by atoms with Crippen LogP contribution in [0.4, 0.5) is 0 Å². The Morgan fingerprint density at radius 2 is 2.00 bits per heavy atom. The summed E-state index contributed by atoms with van der Waals surface area (Å²) in [5.41, 5.74) is 0. The van der Waals surface area contributed by atoms with Gasteiger partial charge in [0.25, 0.3) is 0 Å². The smallest absolute Gasteiger partial charge is 0.230 e. The first-order chi connectivity index (χ1) is 7.56. The minimum atomic E-state index is 0.0792. The molecule has 0 rings (SSSR count). The quantitative estimate of drug-likeness (QED) is 0.613. The maximum Gasteiger partial charge on any atom is 0.230 e. The molecule has 0 fully saturated rings. The number of amides is 1. The van der Waals surface area contributed by atoms with E-state index < -0.39 is 0 Å². The highest BCUT2D eigenvalue weighted by atomic mass is 32.2. The SMILES string of the molecule is CC(C)CCCC(C)NC(=O)CSCCO. The van der Waals surface area contributed by atoms with Crippen LogP contribution in [0.5, 0.6) is 0 Å². The van der Waals surface area contributed by atoms with Crippen molar-refractivity contribution in [3.63, 3.8) is 0 Å². The van der Waals surface area contributed by atoms with Gasteiger partial charge in [-0.15, -0.1) is 11.8 Å². The van der Waals surface area contributed by atoms with E-state index in [1.54, 1.807) is 0 Å². The third-order valence-corrected chi connectivity index (χ3v) is 3.23. The van der Waals surface area contributed by atoms with Gasteiger partial charge in [0.1, 0.15) is 0 Å². The predicted molar refractivity (Wildman–Crippen MR) is 70.7 cm³/mol. The van der Waals surface area contributed by atoms with E-state index in [1.807, 2.05) is 0 Å². The van der Waals surface area contributed by atoms with Crippen LogP contribution in [0.2, 0.25) is 0 Å². The molecule has 0 aromatic carbocycles. The Hall–Kier alpha value is -0.220. The zero-order valence-electron chi connectivity index (χ0n) is 10.7. The number of aliphatic hydroxyl groups is 1. The molecule has 0 aliphatic carbocycles. The summed E-state index contributed by atoms with van der Waals surface area (Å²) in [6.07, 6.45) is 3.44. The van der Waals surface area contributed by atoms with E-state index in [0.717, 1.165) is 12.3 Å². The minimum absolute atomic E-state index is 0.0792. The van der Waals surface area contributed by atoms with Crippen molar-refractivity contribution in [3.8, 4) is 0 Å². The molecular weight excluding hydrogens is 222 g/mol. The molecule has 0 saturated carbocycles. The summed E-state index contributed by atoms with van der Waals surface area (Å²) in [7, 11) is 0. The number of rotatable bonds is 9. The molecule has 1 atom stereocenters. The van der Waals surface area contributed by atoms with Crippen LogP contribution in [0.25, 0.3) is 0 Å². The Labute approximate surface area is 103 Å². The highest BCUT2D eigenvalue weighted by molar-refractivity contribution is 7.99. The summed E-state index contributed by atoms with van der Waals surface area (Å²) in [6.45, 7) is 6.63. The van der Waals surface area contributed by atoms with Crippen LogP contribution < -0.4 is 5.32 Å². The van der Waals surface area contributed by atoms with Crippen molar-refractivity contribution in [1.29, 1.82) is 0 Å². The maximum absolute atomic E-state index is 11.4. The molecule has 0 radical (unpaired) electrons. The third-order valence-electron chi connectivity index (χ3n) is 2.29. The summed E-state index contributed by atoms with van der Waals surface area (Å²) in [5, 5.41) is 11.5. The van der Waals surface area contributed by atoms with Gasteiger partial charge in [0.05, 0.1) is 12.4 Å². The Balaban J connectivity index is 3.46. The van der Waals surface area contributed by atoms with Crippen LogP contribution in [0, 0.1) is 5.92 Å². The number of carbonyl (C=O) groups is 1. The lowest BCUT2D eigenvalue weighted by atomic mass is 10.0. The molecule has 1 unspecified atom stereocenters. The molecule has 0 heterocycles. The monoisotopic (exact) mass is 247 g/mol. The minimum Gasteiger partial charge on any atom is -0.396 e. The van der Waals surface area contributed by atoms with Gasteiger partial charge in [-0.05, 0) is 19.3 Å². The molecule has 3 nitrogen and oxygen atoms in total. The van der Waals surface area contributed by atoms with Crippen molar-refractivity contribution < 1.29 is 9.90 Å². The van der Waals surface area contributed by atoms with Gasteiger partial charge in [-0.3, -0.25) is 4.79 Å². The van der Waals surface area contributed by atoms with Crippen molar-refractivity contribution in [2.24, 2.45) is 5.92 Å². The average Bonchev–Trinajstić information content (AvgIpc) is 2.17. The fourth-order valence-corrected chi connectivity index (χ4v) is 1.99. The molecule has 4 heteroatoms. The molecule has 96 valence electrons. The van der Waals surface area contributed by atoms with E-state index in [9.17, 15) is 4.79 Å². The zero-order chi connectivity index (χ0) is 12.4. The fourth-order valence-electron chi connectivity index (χ4n) is 1.45. The molecule has 0 bridgehead atoms. The van der Waals surface area contributed by atoms with E-state index in [0.29, 0.717) is 11.5 Å². The standard InChI is InChI=1S/C12H25NO2S/c1-10(2)5-4-6-11(3)13-12(15)9-16-8-7-14/h10-11,14H,4-9H2,1-3H3,(H,13,15). The van der Waals surface area contributed by atoms with Crippen molar-refractivity contribution in [2.45, 2.75) is 46.1 Å². The van der Waals surface area contributed by atoms with Gasteiger partial charge >= 0.3 is 0 Å². The number of thioether (sulfide) groups is 1. The first kappa shape index (κ1) is 15.8. The number of hydrogen-bond acceptors (Lipinski definition) is 3. The normalized spacial score (nSPS) is 12.8. The van der Waals surface area contributed by atoms with E-state index in [1.165, 1.54) is 24.6 Å². The van der Waals surface area contributed by atoms with Crippen LogP contribution >= 0.6 is 11.8 Å². The van der Waals surface area contributed by atoms with Crippen molar-refractivity contribution in [2.75, 3.05) is 18.1 Å².